The molecule has 0 radical (unpaired) electrons. The van der Waals surface area contributed by atoms with Gasteiger partial charge in [0, 0.05) is 49.0 Å². The van der Waals surface area contributed by atoms with E-state index in [1.54, 1.807) is 12.4 Å². The number of H-pyrrole nitrogens is 1. The minimum atomic E-state index is -0.0616. The van der Waals surface area contributed by atoms with E-state index in [9.17, 15) is 4.79 Å². The molecule has 3 heterocycles. The van der Waals surface area contributed by atoms with Crippen molar-refractivity contribution in [3.8, 4) is 11.4 Å². The molecule has 1 N–H and O–H groups in total. The van der Waals surface area contributed by atoms with Crippen molar-refractivity contribution in [3.63, 3.8) is 0 Å². The van der Waals surface area contributed by atoms with Gasteiger partial charge in [0.25, 0.3) is 5.56 Å². The molecule has 1 aromatic carbocycles. The fourth-order valence-corrected chi connectivity index (χ4v) is 3.46. The average molecular weight is 367 g/mol. The maximum atomic E-state index is 12.6. The van der Waals surface area contributed by atoms with Crippen LogP contribution in [0.1, 0.15) is 22.4 Å². The van der Waals surface area contributed by atoms with E-state index < -0.39 is 0 Å². The zero-order valence-corrected chi connectivity index (χ0v) is 15.3. The molecule has 1 aliphatic rings. The smallest absolute Gasteiger partial charge is 0.255 e. The monoisotopic (exact) mass is 366 g/mol. The van der Waals surface area contributed by atoms with Crippen LogP contribution in [-0.4, -0.2) is 26.4 Å². The Labute approximate surface area is 156 Å². The minimum Gasteiger partial charge on any atom is -0.306 e. The fourth-order valence-electron chi connectivity index (χ4n) is 3.26. The fraction of sp³-hybridized carbons (Fsp3) is 0.250. The number of nitrogens with one attached hydrogen (secondary N) is 1. The molecule has 0 saturated carbocycles. The Bertz CT molecular complexity index is 1000. The second-order valence-corrected chi connectivity index (χ2v) is 7.03. The highest BCUT2D eigenvalue weighted by atomic mass is 35.5. The van der Waals surface area contributed by atoms with E-state index in [1.165, 1.54) is 0 Å². The Morgan fingerprint density at radius 3 is 2.81 bits per heavy atom. The molecule has 0 bridgehead atoms. The summed E-state index contributed by atoms with van der Waals surface area (Å²) in [6.45, 7) is 4.23. The second-order valence-electron chi connectivity index (χ2n) is 6.62. The van der Waals surface area contributed by atoms with Crippen molar-refractivity contribution in [2.24, 2.45) is 0 Å². The van der Waals surface area contributed by atoms with Gasteiger partial charge in [-0.3, -0.25) is 14.7 Å². The summed E-state index contributed by atoms with van der Waals surface area (Å²) in [6, 6.07) is 9.82. The van der Waals surface area contributed by atoms with Gasteiger partial charge < -0.3 is 4.98 Å². The predicted octanol–water partition coefficient (Wildman–Crippen LogP) is 3.35. The molecule has 0 unspecified atom stereocenters. The van der Waals surface area contributed by atoms with Gasteiger partial charge in [-0.1, -0.05) is 23.7 Å². The van der Waals surface area contributed by atoms with E-state index in [0.29, 0.717) is 12.4 Å². The van der Waals surface area contributed by atoms with Crippen molar-refractivity contribution >= 4 is 11.6 Å². The highest BCUT2D eigenvalue weighted by molar-refractivity contribution is 6.31. The van der Waals surface area contributed by atoms with Crippen molar-refractivity contribution in [1.29, 1.82) is 0 Å². The molecular formula is C20H19ClN4O. The highest BCUT2D eigenvalue weighted by Crippen LogP contribution is 2.22. The molecule has 26 heavy (non-hydrogen) atoms. The van der Waals surface area contributed by atoms with Gasteiger partial charge in [-0.2, -0.15) is 0 Å². The van der Waals surface area contributed by atoms with Crippen LogP contribution in [0.25, 0.3) is 11.4 Å². The van der Waals surface area contributed by atoms with Crippen LogP contribution in [0.2, 0.25) is 5.02 Å². The first-order valence-corrected chi connectivity index (χ1v) is 8.98. The Balaban J connectivity index is 1.57. The van der Waals surface area contributed by atoms with E-state index >= 15 is 0 Å². The molecule has 0 aliphatic carbocycles. The van der Waals surface area contributed by atoms with Crippen LogP contribution < -0.4 is 5.56 Å². The van der Waals surface area contributed by atoms with Crippen molar-refractivity contribution in [3.05, 3.63) is 80.5 Å². The summed E-state index contributed by atoms with van der Waals surface area (Å²) in [5, 5.41) is 0.779. The Morgan fingerprint density at radius 1 is 1.23 bits per heavy atom. The van der Waals surface area contributed by atoms with Crippen LogP contribution in [0.3, 0.4) is 0 Å². The number of hydrogen-bond acceptors (Lipinski definition) is 4. The predicted molar refractivity (Wildman–Crippen MR) is 102 cm³/mol. The Hall–Kier alpha value is -2.50. The number of pyridine rings is 1. The zero-order chi connectivity index (χ0) is 18.1. The first kappa shape index (κ1) is 16.9. The van der Waals surface area contributed by atoms with Crippen molar-refractivity contribution in [1.82, 2.24) is 19.9 Å². The lowest BCUT2D eigenvalue weighted by Gasteiger charge is -2.27. The van der Waals surface area contributed by atoms with Crippen molar-refractivity contribution in [2.45, 2.75) is 26.4 Å². The lowest BCUT2D eigenvalue weighted by atomic mass is 10.0. The molecule has 4 rings (SSSR count). The molecular weight excluding hydrogens is 348 g/mol. The summed E-state index contributed by atoms with van der Waals surface area (Å²) in [5.41, 5.74) is 4.68. The summed E-state index contributed by atoms with van der Waals surface area (Å²) in [7, 11) is 0. The Morgan fingerprint density at radius 2 is 2.04 bits per heavy atom. The van der Waals surface area contributed by atoms with Gasteiger partial charge in [-0.05, 0) is 36.2 Å². The molecule has 1 aliphatic heterocycles. The normalized spacial score (nSPS) is 14.2. The topological polar surface area (TPSA) is 61.9 Å². The number of aromatic amines is 1. The molecule has 0 fully saturated rings. The molecule has 5 nitrogen and oxygen atoms in total. The quantitative estimate of drug-likeness (QED) is 0.772. The van der Waals surface area contributed by atoms with E-state index in [2.05, 4.69) is 25.9 Å². The lowest BCUT2D eigenvalue weighted by molar-refractivity contribution is 0.242. The number of benzene rings is 1. The lowest BCUT2D eigenvalue weighted by Crippen LogP contribution is -2.35. The molecule has 132 valence electrons. The van der Waals surface area contributed by atoms with Crippen LogP contribution in [0.4, 0.5) is 0 Å². The number of rotatable bonds is 3. The average Bonchev–Trinajstić information content (AvgIpc) is 2.66. The SMILES string of the molecule is Cc1ccc(CN2CCc3nc(-c4ccncc4)[nH]c(=O)c3C2)cc1Cl. The largest absolute Gasteiger partial charge is 0.306 e. The van der Waals surface area contributed by atoms with Gasteiger partial charge in [-0.15, -0.1) is 0 Å². The number of nitrogens with zero attached hydrogens (tertiary/aromatic N) is 3. The van der Waals surface area contributed by atoms with Gasteiger partial charge >= 0.3 is 0 Å². The molecule has 0 atom stereocenters. The zero-order valence-electron chi connectivity index (χ0n) is 14.5. The maximum Gasteiger partial charge on any atom is 0.255 e. The van der Waals surface area contributed by atoms with Crippen LogP contribution in [0.15, 0.2) is 47.5 Å². The van der Waals surface area contributed by atoms with Gasteiger partial charge in [-0.25, -0.2) is 4.98 Å². The third kappa shape index (κ3) is 3.41. The summed E-state index contributed by atoms with van der Waals surface area (Å²) in [4.78, 5) is 26.4. The third-order valence-electron chi connectivity index (χ3n) is 4.74. The number of aryl methyl sites for hydroxylation is 1. The minimum absolute atomic E-state index is 0.0616. The van der Waals surface area contributed by atoms with Crippen LogP contribution in [0, 0.1) is 6.92 Å². The van der Waals surface area contributed by atoms with Crippen molar-refractivity contribution in [2.75, 3.05) is 6.54 Å². The van der Waals surface area contributed by atoms with Crippen molar-refractivity contribution < 1.29 is 0 Å². The van der Waals surface area contributed by atoms with E-state index in [1.807, 2.05) is 31.2 Å². The maximum absolute atomic E-state index is 12.6. The van der Waals surface area contributed by atoms with Gasteiger partial charge in [0.05, 0.1) is 11.3 Å². The molecule has 0 amide bonds. The van der Waals surface area contributed by atoms with Gasteiger partial charge in [0.2, 0.25) is 0 Å². The number of halogens is 1. The van der Waals surface area contributed by atoms with Gasteiger partial charge in [0.15, 0.2) is 0 Å². The first-order chi connectivity index (χ1) is 12.6. The Kier molecular flexibility index (Phi) is 4.57. The third-order valence-corrected chi connectivity index (χ3v) is 5.15. The highest BCUT2D eigenvalue weighted by Gasteiger charge is 2.21. The van der Waals surface area contributed by atoms with E-state index in [4.69, 9.17) is 11.6 Å². The molecule has 3 aromatic rings. The number of aromatic nitrogens is 3. The number of fused-ring (bicyclic) bond motifs is 1. The summed E-state index contributed by atoms with van der Waals surface area (Å²) in [5.74, 6) is 0.606. The first-order valence-electron chi connectivity index (χ1n) is 8.60. The second kappa shape index (κ2) is 7.02. The summed E-state index contributed by atoms with van der Waals surface area (Å²) < 4.78 is 0. The summed E-state index contributed by atoms with van der Waals surface area (Å²) >= 11 is 6.23. The standard InChI is InChI=1S/C20H19ClN4O/c1-13-2-3-14(10-17(13)21)11-25-9-6-18-16(12-25)20(26)24-19(23-18)15-4-7-22-8-5-15/h2-5,7-8,10H,6,9,11-12H2,1H3,(H,23,24,26). The van der Waals surface area contributed by atoms with E-state index in [0.717, 1.165) is 52.5 Å². The summed E-state index contributed by atoms with van der Waals surface area (Å²) in [6.07, 6.45) is 4.16. The van der Waals surface area contributed by atoms with Gasteiger partial charge in [0.1, 0.15) is 5.82 Å². The molecule has 0 spiro atoms. The van der Waals surface area contributed by atoms with Crippen LogP contribution in [0.5, 0.6) is 0 Å². The van der Waals surface area contributed by atoms with E-state index in [-0.39, 0.29) is 5.56 Å². The van der Waals surface area contributed by atoms with Crippen LogP contribution >= 0.6 is 11.6 Å². The van der Waals surface area contributed by atoms with Crippen LogP contribution in [-0.2, 0) is 19.5 Å². The molecule has 2 aromatic heterocycles. The molecule has 6 heteroatoms. The molecule has 0 saturated heterocycles. The number of hydrogen-bond donors (Lipinski definition) is 1.